The van der Waals surface area contributed by atoms with E-state index < -0.39 is 33.8 Å². The van der Waals surface area contributed by atoms with Crippen molar-refractivity contribution in [2.24, 2.45) is 0 Å². The largest absolute Gasteiger partial charge is 0.461 e. The van der Waals surface area contributed by atoms with Crippen LogP contribution < -0.4 is 0 Å². The zero-order valence-corrected chi connectivity index (χ0v) is 12.3. The Bertz CT molecular complexity index is 641. The Morgan fingerprint density at radius 1 is 1.24 bits per heavy atom. The number of hydrogen-bond donors (Lipinski definition) is 0. The molecule has 2 saturated heterocycles. The van der Waals surface area contributed by atoms with E-state index in [1.54, 1.807) is 37.3 Å². The van der Waals surface area contributed by atoms with Crippen LogP contribution in [-0.2, 0) is 28.8 Å². The van der Waals surface area contributed by atoms with Gasteiger partial charge in [-0.15, -0.1) is 0 Å². The standard InChI is InChI=1S/C14H16O6S/c1-14(19-11-9-18-13(15)12(11)20-14)7-8-21(16,17)10-5-3-2-4-6-10/h2-6,11-12H,7-9H2,1H3/t11-,12-,14-/m1/s1. The first-order chi connectivity index (χ1) is 9.90. The van der Waals surface area contributed by atoms with Crippen molar-refractivity contribution in [3.05, 3.63) is 30.3 Å². The fourth-order valence-corrected chi connectivity index (χ4v) is 3.95. The van der Waals surface area contributed by atoms with E-state index in [-0.39, 0.29) is 23.7 Å². The van der Waals surface area contributed by atoms with Crippen LogP contribution in [-0.4, -0.2) is 44.7 Å². The summed E-state index contributed by atoms with van der Waals surface area (Å²) in [6.07, 6.45) is -1.03. The molecule has 2 fully saturated rings. The van der Waals surface area contributed by atoms with Gasteiger partial charge in [0.2, 0.25) is 0 Å². The molecule has 21 heavy (non-hydrogen) atoms. The van der Waals surface area contributed by atoms with Crippen molar-refractivity contribution in [2.75, 3.05) is 12.4 Å². The number of benzene rings is 1. The topological polar surface area (TPSA) is 78.9 Å². The van der Waals surface area contributed by atoms with Crippen LogP contribution in [0.15, 0.2) is 35.2 Å². The van der Waals surface area contributed by atoms with Gasteiger partial charge >= 0.3 is 5.97 Å². The van der Waals surface area contributed by atoms with Crippen LogP contribution in [0.2, 0.25) is 0 Å². The fraction of sp³-hybridized carbons (Fsp3) is 0.500. The number of ether oxygens (including phenoxy) is 3. The third-order valence-electron chi connectivity index (χ3n) is 3.66. The molecule has 0 saturated carbocycles. The summed E-state index contributed by atoms with van der Waals surface area (Å²) in [5.74, 6) is -1.63. The third-order valence-corrected chi connectivity index (χ3v) is 5.40. The predicted molar refractivity (Wildman–Crippen MR) is 72.2 cm³/mol. The summed E-state index contributed by atoms with van der Waals surface area (Å²) in [6, 6.07) is 8.23. The maximum atomic E-state index is 12.2. The van der Waals surface area contributed by atoms with Crippen molar-refractivity contribution < 1.29 is 27.4 Å². The van der Waals surface area contributed by atoms with Gasteiger partial charge in [0.15, 0.2) is 21.7 Å². The van der Waals surface area contributed by atoms with E-state index in [9.17, 15) is 13.2 Å². The predicted octanol–water partition coefficient (Wildman–Crippen LogP) is 0.907. The Morgan fingerprint density at radius 2 is 1.95 bits per heavy atom. The van der Waals surface area contributed by atoms with Gasteiger partial charge in [-0.3, -0.25) is 0 Å². The monoisotopic (exact) mass is 312 g/mol. The highest BCUT2D eigenvalue weighted by molar-refractivity contribution is 7.91. The molecule has 0 N–H and O–H groups in total. The average molecular weight is 312 g/mol. The zero-order valence-electron chi connectivity index (χ0n) is 11.5. The highest BCUT2D eigenvalue weighted by Gasteiger charge is 2.52. The molecule has 114 valence electrons. The van der Waals surface area contributed by atoms with E-state index in [4.69, 9.17) is 14.2 Å². The molecule has 0 aromatic heterocycles. The summed E-state index contributed by atoms with van der Waals surface area (Å²) >= 11 is 0. The van der Waals surface area contributed by atoms with Gasteiger partial charge in [0.05, 0.1) is 10.6 Å². The molecule has 2 aliphatic rings. The van der Waals surface area contributed by atoms with Gasteiger partial charge in [-0.2, -0.15) is 0 Å². The van der Waals surface area contributed by atoms with Crippen LogP contribution in [0.4, 0.5) is 0 Å². The van der Waals surface area contributed by atoms with Gasteiger partial charge < -0.3 is 14.2 Å². The average Bonchev–Trinajstić information content (AvgIpc) is 2.97. The van der Waals surface area contributed by atoms with E-state index in [1.165, 1.54) is 0 Å². The number of rotatable bonds is 4. The van der Waals surface area contributed by atoms with Crippen molar-refractivity contribution in [1.29, 1.82) is 0 Å². The molecule has 1 aromatic carbocycles. The summed E-state index contributed by atoms with van der Waals surface area (Å²) in [4.78, 5) is 11.7. The SMILES string of the molecule is C[C@@]1(CCS(=O)(=O)c2ccccc2)O[C@@H]2COC(=O)[C@@H]2O1. The highest BCUT2D eigenvalue weighted by atomic mass is 32.2. The van der Waals surface area contributed by atoms with E-state index in [0.29, 0.717) is 0 Å². The van der Waals surface area contributed by atoms with Crippen LogP contribution in [0.5, 0.6) is 0 Å². The smallest absolute Gasteiger partial charge is 0.338 e. The molecule has 2 aliphatic heterocycles. The van der Waals surface area contributed by atoms with E-state index >= 15 is 0 Å². The number of esters is 1. The van der Waals surface area contributed by atoms with Crippen LogP contribution in [0.3, 0.4) is 0 Å². The number of cyclic esters (lactones) is 1. The summed E-state index contributed by atoms with van der Waals surface area (Å²) < 4.78 is 40.5. The minimum absolute atomic E-state index is 0.109. The maximum Gasteiger partial charge on any atom is 0.338 e. The van der Waals surface area contributed by atoms with Crippen molar-refractivity contribution in [1.82, 2.24) is 0 Å². The molecule has 0 radical (unpaired) electrons. The molecule has 0 spiro atoms. The molecule has 0 unspecified atom stereocenters. The Labute approximate surface area is 122 Å². The van der Waals surface area contributed by atoms with Crippen LogP contribution >= 0.6 is 0 Å². The summed E-state index contributed by atoms with van der Waals surface area (Å²) in [5.41, 5.74) is 0. The molecule has 0 bridgehead atoms. The van der Waals surface area contributed by atoms with E-state index in [0.717, 1.165) is 0 Å². The normalized spacial score (nSPS) is 32.0. The molecular weight excluding hydrogens is 296 g/mol. The molecule has 0 aliphatic carbocycles. The Kier molecular flexibility index (Phi) is 3.51. The van der Waals surface area contributed by atoms with E-state index in [1.807, 2.05) is 0 Å². The second-order valence-electron chi connectivity index (χ2n) is 5.34. The summed E-state index contributed by atoms with van der Waals surface area (Å²) in [7, 11) is -3.40. The van der Waals surface area contributed by atoms with Crippen molar-refractivity contribution in [3.8, 4) is 0 Å². The number of carbonyl (C=O) groups is 1. The number of carbonyl (C=O) groups excluding carboxylic acids is 1. The Hall–Kier alpha value is -1.44. The highest BCUT2D eigenvalue weighted by Crippen LogP contribution is 2.35. The minimum atomic E-state index is -3.40. The lowest BCUT2D eigenvalue weighted by Crippen LogP contribution is -2.32. The van der Waals surface area contributed by atoms with Gasteiger partial charge in [-0.1, -0.05) is 18.2 Å². The molecule has 1 aromatic rings. The van der Waals surface area contributed by atoms with Crippen LogP contribution in [0, 0.1) is 0 Å². The number of sulfone groups is 1. The molecule has 2 heterocycles. The molecule has 3 rings (SSSR count). The first-order valence-corrected chi connectivity index (χ1v) is 8.35. The number of fused-ring (bicyclic) bond motifs is 1. The van der Waals surface area contributed by atoms with Crippen LogP contribution in [0.1, 0.15) is 13.3 Å². The second kappa shape index (κ2) is 5.08. The molecule has 0 amide bonds. The van der Waals surface area contributed by atoms with Gasteiger partial charge in [0, 0.05) is 6.42 Å². The maximum absolute atomic E-state index is 12.2. The first kappa shape index (κ1) is 14.5. The lowest BCUT2D eigenvalue weighted by molar-refractivity contribution is -0.187. The van der Waals surface area contributed by atoms with Gasteiger partial charge in [0.25, 0.3) is 0 Å². The van der Waals surface area contributed by atoms with Gasteiger partial charge in [0.1, 0.15) is 12.7 Å². The third kappa shape index (κ3) is 2.81. The summed E-state index contributed by atoms with van der Waals surface area (Å²) in [5, 5.41) is 0. The van der Waals surface area contributed by atoms with Crippen molar-refractivity contribution in [3.63, 3.8) is 0 Å². The second-order valence-corrected chi connectivity index (χ2v) is 7.45. The molecule has 7 heteroatoms. The van der Waals surface area contributed by atoms with Gasteiger partial charge in [-0.25, -0.2) is 13.2 Å². The number of hydrogen-bond acceptors (Lipinski definition) is 6. The Morgan fingerprint density at radius 3 is 2.62 bits per heavy atom. The van der Waals surface area contributed by atoms with Crippen molar-refractivity contribution >= 4 is 15.8 Å². The quantitative estimate of drug-likeness (QED) is 0.769. The zero-order chi connectivity index (χ0) is 15.1. The molecular formula is C14H16O6S. The summed E-state index contributed by atoms with van der Waals surface area (Å²) in [6.45, 7) is 1.81. The van der Waals surface area contributed by atoms with Gasteiger partial charge in [-0.05, 0) is 19.1 Å². The first-order valence-electron chi connectivity index (χ1n) is 6.70. The Balaban J connectivity index is 1.67. The fourth-order valence-electron chi connectivity index (χ4n) is 2.51. The minimum Gasteiger partial charge on any atom is -0.461 e. The van der Waals surface area contributed by atoms with E-state index in [2.05, 4.69) is 0 Å². The molecule has 3 atom stereocenters. The van der Waals surface area contributed by atoms with Crippen LogP contribution in [0.25, 0.3) is 0 Å². The lowest BCUT2D eigenvalue weighted by Gasteiger charge is -2.23. The lowest BCUT2D eigenvalue weighted by atomic mass is 10.2. The molecule has 6 nitrogen and oxygen atoms in total. The van der Waals surface area contributed by atoms with Crippen molar-refractivity contribution in [2.45, 2.75) is 36.2 Å².